The van der Waals surface area contributed by atoms with Gasteiger partial charge in [-0.3, -0.25) is 0 Å². The summed E-state index contributed by atoms with van der Waals surface area (Å²) in [5, 5.41) is 0. The number of ether oxygens (including phenoxy) is 2. The van der Waals surface area contributed by atoms with Gasteiger partial charge in [0.2, 0.25) is 0 Å². The van der Waals surface area contributed by atoms with Crippen LogP contribution in [0.2, 0.25) is 0 Å². The molecule has 120 valence electrons. The lowest BCUT2D eigenvalue weighted by Gasteiger charge is -2.14. The van der Waals surface area contributed by atoms with E-state index in [2.05, 4.69) is 45.0 Å². The van der Waals surface area contributed by atoms with Crippen molar-refractivity contribution in [2.24, 2.45) is 11.8 Å². The molecular weight excluding hydrogens is 260 g/mol. The van der Waals surface area contributed by atoms with Gasteiger partial charge in [0.25, 0.3) is 0 Å². The normalized spacial score (nSPS) is 14.0. The van der Waals surface area contributed by atoms with Crippen LogP contribution in [0.1, 0.15) is 52.0 Å². The van der Waals surface area contributed by atoms with E-state index in [4.69, 9.17) is 9.47 Å². The summed E-state index contributed by atoms with van der Waals surface area (Å²) in [5.74, 6) is 1.44. The van der Waals surface area contributed by atoms with E-state index in [1.54, 1.807) is 0 Å². The Labute approximate surface area is 130 Å². The van der Waals surface area contributed by atoms with Gasteiger partial charge in [-0.2, -0.15) is 0 Å². The Morgan fingerprint density at radius 2 is 1.62 bits per heavy atom. The molecule has 0 spiro atoms. The molecular formula is C19H32O2. The Hall–Kier alpha value is -0.860. The zero-order valence-electron chi connectivity index (χ0n) is 14.0. The molecule has 2 nitrogen and oxygen atoms in total. The van der Waals surface area contributed by atoms with E-state index in [9.17, 15) is 0 Å². The van der Waals surface area contributed by atoms with Crippen LogP contribution in [0.3, 0.4) is 0 Å². The molecule has 0 bridgehead atoms. The fourth-order valence-corrected chi connectivity index (χ4v) is 2.41. The minimum absolute atomic E-state index is 0.687. The summed E-state index contributed by atoms with van der Waals surface area (Å²) in [6.07, 6.45) is 5.03. The van der Waals surface area contributed by atoms with Crippen LogP contribution in [0.25, 0.3) is 0 Å². The third kappa shape index (κ3) is 9.65. The van der Waals surface area contributed by atoms with Gasteiger partial charge in [0.05, 0.1) is 6.61 Å². The van der Waals surface area contributed by atoms with E-state index in [1.165, 1.54) is 24.8 Å². The SMILES string of the molecule is CCOCC(C)CCCC(C)CCOCc1ccccc1. The molecule has 0 aliphatic carbocycles. The highest BCUT2D eigenvalue weighted by atomic mass is 16.5. The summed E-state index contributed by atoms with van der Waals surface area (Å²) in [5.41, 5.74) is 1.26. The minimum Gasteiger partial charge on any atom is -0.381 e. The van der Waals surface area contributed by atoms with E-state index in [1.807, 2.05) is 6.07 Å². The Bertz CT molecular complexity index is 337. The maximum atomic E-state index is 5.75. The van der Waals surface area contributed by atoms with Crippen molar-refractivity contribution in [2.75, 3.05) is 19.8 Å². The van der Waals surface area contributed by atoms with Crippen molar-refractivity contribution in [2.45, 2.75) is 53.1 Å². The maximum absolute atomic E-state index is 5.75. The first-order chi connectivity index (χ1) is 10.2. The van der Waals surface area contributed by atoms with Crippen molar-refractivity contribution in [1.29, 1.82) is 0 Å². The lowest BCUT2D eigenvalue weighted by molar-refractivity contribution is 0.104. The van der Waals surface area contributed by atoms with Gasteiger partial charge in [0, 0.05) is 19.8 Å². The zero-order chi connectivity index (χ0) is 15.3. The van der Waals surface area contributed by atoms with E-state index in [-0.39, 0.29) is 0 Å². The topological polar surface area (TPSA) is 18.5 Å². The molecule has 0 aliphatic heterocycles. The van der Waals surface area contributed by atoms with Crippen molar-refractivity contribution >= 4 is 0 Å². The van der Waals surface area contributed by atoms with Gasteiger partial charge in [-0.25, -0.2) is 0 Å². The first kappa shape index (κ1) is 18.2. The monoisotopic (exact) mass is 292 g/mol. The third-order valence-electron chi connectivity index (χ3n) is 3.87. The fraction of sp³-hybridized carbons (Fsp3) is 0.684. The van der Waals surface area contributed by atoms with E-state index in [0.29, 0.717) is 5.92 Å². The molecule has 1 rings (SSSR count). The van der Waals surface area contributed by atoms with Crippen LogP contribution in [-0.4, -0.2) is 19.8 Å². The Kier molecular flexibility index (Phi) is 10.2. The minimum atomic E-state index is 0.687. The molecule has 2 heteroatoms. The summed E-state index contributed by atoms with van der Waals surface area (Å²) in [6.45, 7) is 10.0. The highest BCUT2D eigenvalue weighted by Gasteiger charge is 2.06. The fourth-order valence-electron chi connectivity index (χ4n) is 2.41. The molecule has 0 aromatic heterocycles. The molecule has 21 heavy (non-hydrogen) atoms. The van der Waals surface area contributed by atoms with Crippen LogP contribution >= 0.6 is 0 Å². The van der Waals surface area contributed by atoms with Gasteiger partial charge < -0.3 is 9.47 Å². The molecule has 0 fully saturated rings. The molecule has 1 aromatic rings. The Morgan fingerprint density at radius 3 is 2.33 bits per heavy atom. The lowest BCUT2D eigenvalue weighted by atomic mass is 9.97. The van der Waals surface area contributed by atoms with Crippen LogP contribution in [-0.2, 0) is 16.1 Å². The number of hydrogen-bond acceptors (Lipinski definition) is 2. The molecule has 0 saturated carbocycles. The van der Waals surface area contributed by atoms with Crippen LogP contribution in [0.5, 0.6) is 0 Å². The summed E-state index contributed by atoms with van der Waals surface area (Å²) in [7, 11) is 0. The average molecular weight is 292 g/mol. The van der Waals surface area contributed by atoms with Gasteiger partial charge in [0.15, 0.2) is 0 Å². The largest absolute Gasteiger partial charge is 0.381 e. The summed E-state index contributed by atoms with van der Waals surface area (Å²) < 4.78 is 11.2. The second kappa shape index (κ2) is 11.8. The van der Waals surface area contributed by atoms with Crippen LogP contribution < -0.4 is 0 Å². The van der Waals surface area contributed by atoms with Crippen LogP contribution in [0, 0.1) is 11.8 Å². The van der Waals surface area contributed by atoms with E-state index < -0.39 is 0 Å². The van der Waals surface area contributed by atoms with Crippen molar-refractivity contribution in [1.82, 2.24) is 0 Å². The van der Waals surface area contributed by atoms with Crippen molar-refractivity contribution < 1.29 is 9.47 Å². The summed E-state index contributed by atoms with van der Waals surface area (Å²) in [6, 6.07) is 10.4. The number of rotatable bonds is 12. The van der Waals surface area contributed by atoms with Crippen LogP contribution in [0.4, 0.5) is 0 Å². The second-order valence-electron chi connectivity index (χ2n) is 6.13. The molecule has 0 amide bonds. The standard InChI is InChI=1S/C19H32O2/c1-4-20-15-18(3)10-8-9-17(2)13-14-21-16-19-11-6-5-7-12-19/h5-7,11-12,17-18H,4,8-10,13-16H2,1-3H3. The molecule has 0 N–H and O–H groups in total. The smallest absolute Gasteiger partial charge is 0.0716 e. The van der Waals surface area contributed by atoms with Gasteiger partial charge in [-0.05, 0) is 37.2 Å². The summed E-state index contributed by atoms with van der Waals surface area (Å²) >= 11 is 0. The van der Waals surface area contributed by atoms with Gasteiger partial charge in [0.1, 0.15) is 0 Å². The molecule has 0 radical (unpaired) electrons. The molecule has 0 heterocycles. The van der Waals surface area contributed by atoms with Crippen LogP contribution in [0.15, 0.2) is 30.3 Å². The van der Waals surface area contributed by atoms with Gasteiger partial charge in [-0.15, -0.1) is 0 Å². The predicted octanol–water partition coefficient (Wildman–Crippen LogP) is 5.07. The van der Waals surface area contributed by atoms with Crippen molar-refractivity contribution in [3.8, 4) is 0 Å². The average Bonchev–Trinajstić information content (AvgIpc) is 2.50. The highest BCUT2D eigenvalue weighted by molar-refractivity contribution is 5.13. The lowest BCUT2D eigenvalue weighted by Crippen LogP contribution is -2.07. The quantitative estimate of drug-likeness (QED) is 0.501. The molecule has 0 aliphatic rings. The van der Waals surface area contributed by atoms with Gasteiger partial charge in [-0.1, -0.05) is 57.0 Å². The summed E-state index contributed by atoms with van der Waals surface area (Å²) in [4.78, 5) is 0. The number of hydrogen-bond donors (Lipinski definition) is 0. The van der Waals surface area contributed by atoms with E-state index in [0.717, 1.165) is 38.8 Å². The molecule has 0 saturated heterocycles. The molecule has 1 aromatic carbocycles. The first-order valence-corrected chi connectivity index (χ1v) is 8.41. The van der Waals surface area contributed by atoms with Gasteiger partial charge >= 0.3 is 0 Å². The number of benzene rings is 1. The Morgan fingerprint density at radius 1 is 0.905 bits per heavy atom. The first-order valence-electron chi connectivity index (χ1n) is 8.41. The molecule has 2 unspecified atom stereocenters. The van der Waals surface area contributed by atoms with Crippen molar-refractivity contribution in [3.63, 3.8) is 0 Å². The zero-order valence-corrected chi connectivity index (χ0v) is 14.0. The maximum Gasteiger partial charge on any atom is 0.0716 e. The third-order valence-corrected chi connectivity index (χ3v) is 3.87. The van der Waals surface area contributed by atoms with Crippen molar-refractivity contribution in [3.05, 3.63) is 35.9 Å². The second-order valence-corrected chi connectivity index (χ2v) is 6.13. The van der Waals surface area contributed by atoms with E-state index >= 15 is 0 Å². The Balaban J connectivity index is 1.97. The predicted molar refractivity (Wildman–Crippen MR) is 89.4 cm³/mol. The highest BCUT2D eigenvalue weighted by Crippen LogP contribution is 2.16. The molecule has 2 atom stereocenters.